The second-order valence-corrected chi connectivity index (χ2v) is 7.14. The van der Waals surface area contributed by atoms with E-state index in [0.717, 1.165) is 25.0 Å². The summed E-state index contributed by atoms with van der Waals surface area (Å²) in [5.74, 6) is 0.947. The molecule has 1 saturated heterocycles. The minimum atomic E-state index is 0.696. The Morgan fingerprint density at radius 3 is 2.95 bits per heavy atom. The summed E-state index contributed by atoms with van der Waals surface area (Å²) in [6, 6.07) is 1.43. The van der Waals surface area contributed by atoms with Gasteiger partial charge in [0.25, 0.3) is 0 Å². The van der Waals surface area contributed by atoms with Crippen LogP contribution in [0.25, 0.3) is 0 Å². The molecule has 2 unspecified atom stereocenters. The molecule has 0 bridgehead atoms. The molecule has 1 saturated carbocycles. The summed E-state index contributed by atoms with van der Waals surface area (Å²) in [6.45, 7) is 7.81. The summed E-state index contributed by atoms with van der Waals surface area (Å²) in [5.41, 5.74) is 1.26. The molecule has 0 amide bonds. The largest absolute Gasteiger partial charge is 0.311 e. The number of hydrogen-bond donors (Lipinski definition) is 1. The minimum absolute atomic E-state index is 0.696. The van der Waals surface area contributed by atoms with E-state index in [2.05, 4.69) is 34.4 Å². The monoisotopic (exact) mass is 279 g/mol. The highest BCUT2D eigenvalue weighted by Crippen LogP contribution is 2.34. The summed E-state index contributed by atoms with van der Waals surface area (Å²) in [6.07, 6.45) is 5.43. The molecular formula is C15H25N3S. The van der Waals surface area contributed by atoms with Gasteiger partial charge in [-0.25, -0.2) is 4.98 Å². The number of thiazole rings is 1. The molecule has 2 aliphatic rings. The first kappa shape index (κ1) is 13.5. The molecule has 2 heterocycles. The number of aromatic nitrogens is 1. The van der Waals surface area contributed by atoms with Crippen LogP contribution < -0.4 is 5.32 Å². The second-order valence-electron chi connectivity index (χ2n) is 6.08. The quantitative estimate of drug-likeness (QED) is 0.898. The molecule has 0 spiro atoms. The molecule has 0 aromatic carbocycles. The van der Waals surface area contributed by atoms with E-state index < -0.39 is 0 Å². The third-order valence-electron chi connectivity index (χ3n) is 4.41. The van der Waals surface area contributed by atoms with E-state index in [0.29, 0.717) is 6.04 Å². The summed E-state index contributed by atoms with van der Waals surface area (Å²) < 4.78 is 0. The van der Waals surface area contributed by atoms with E-state index in [9.17, 15) is 0 Å². The highest BCUT2D eigenvalue weighted by atomic mass is 32.1. The van der Waals surface area contributed by atoms with Crippen molar-refractivity contribution in [3.63, 3.8) is 0 Å². The molecule has 1 aliphatic heterocycles. The van der Waals surface area contributed by atoms with Crippen LogP contribution in [0.5, 0.6) is 0 Å². The Balaban J connectivity index is 1.65. The van der Waals surface area contributed by atoms with Crippen LogP contribution in [0.15, 0.2) is 5.38 Å². The third-order valence-corrected chi connectivity index (χ3v) is 5.23. The lowest BCUT2D eigenvalue weighted by atomic mass is 10.0. The van der Waals surface area contributed by atoms with Crippen LogP contribution in [0.1, 0.15) is 43.3 Å². The molecule has 106 valence electrons. The van der Waals surface area contributed by atoms with Gasteiger partial charge in [0.1, 0.15) is 0 Å². The average molecular weight is 279 g/mol. The molecule has 1 aliphatic carbocycles. The average Bonchev–Trinajstić information content (AvgIpc) is 3.16. The summed E-state index contributed by atoms with van der Waals surface area (Å²) in [4.78, 5) is 7.32. The van der Waals surface area contributed by atoms with E-state index in [1.54, 1.807) is 11.3 Å². The summed E-state index contributed by atoms with van der Waals surface area (Å²) >= 11 is 1.77. The molecular weight excluding hydrogens is 254 g/mol. The van der Waals surface area contributed by atoms with E-state index in [-0.39, 0.29) is 0 Å². The van der Waals surface area contributed by atoms with E-state index >= 15 is 0 Å². The molecule has 2 atom stereocenters. The van der Waals surface area contributed by atoms with Crippen LogP contribution in [0.2, 0.25) is 0 Å². The van der Waals surface area contributed by atoms with Gasteiger partial charge in [-0.1, -0.05) is 13.3 Å². The number of aryl methyl sites for hydroxylation is 1. The van der Waals surface area contributed by atoms with Crippen molar-refractivity contribution in [2.45, 2.75) is 58.2 Å². The normalized spacial score (nSPS) is 28.7. The van der Waals surface area contributed by atoms with Gasteiger partial charge in [0.15, 0.2) is 0 Å². The zero-order valence-corrected chi connectivity index (χ0v) is 12.9. The Bertz CT molecular complexity index is 413. The van der Waals surface area contributed by atoms with Crippen molar-refractivity contribution in [3.05, 3.63) is 16.1 Å². The highest BCUT2D eigenvalue weighted by molar-refractivity contribution is 7.09. The lowest BCUT2D eigenvalue weighted by Crippen LogP contribution is -2.56. The van der Waals surface area contributed by atoms with Gasteiger partial charge < -0.3 is 5.32 Å². The standard InChI is InChI=1S/C15H25N3S/c1-3-4-14-7-16-15(12-5-6-12)9-18(14)8-13-10-19-11(2)17-13/h10,12,14-16H,3-9H2,1-2H3. The van der Waals surface area contributed by atoms with Crippen LogP contribution in [-0.4, -0.2) is 35.1 Å². The highest BCUT2D eigenvalue weighted by Gasteiger charge is 2.36. The van der Waals surface area contributed by atoms with Crippen LogP contribution in [0, 0.1) is 12.8 Å². The molecule has 3 nitrogen and oxygen atoms in total. The number of nitrogens with one attached hydrogen (secondary N) is 1. The number of nitrogens with zero attached hydrogens (tertiary/aromatic N) is 2. The lowest BCUT2D eigenvalue weighted by molar-refractivity contribution is 0.107. The Labute approximate surface area is 120 Å². The first-order valence-corrected chi connectivity index (χ1v) is 8.52. The van der Waals surface area contributed by atoms with Crippen molar-refractivity contribution in [2.75, 3.05) is 13.1 Å². The molecule has 2 fully saturated rings. The van der Waals surface area contributed by atoms with Crippen molar-refractivity contribution in [3.8, 4) is 0 Å². The van der Waals surface area contributed by atoms with Crippen LogP contribution >= 0.6 is 11.3 Å². The zero-order valence-electron chi connectivity index (χ0n) is 12.1. The fraction of sp³-hybridized carbons (Fsp3) is 0.800. The molecule has 0 radical (unpaired) electrons. The second kappa shape index (κ2) is 5.90. The predicted octanol–water partition coefficient (Wildman–Crippen LogP) is 2.80. The predicted molar refractivity (Wildman–Crippen MR) is 80.5 cm³/mol. The van der Waals surface area contributed by atoms with Crippen molar-refractivity contribution < 1.29 is 0 Å². The van der Waals surface area contributed by atoms with Crippen molar-refractivity contribution in [1.29, 1.82) is 0 Å². The first-order chi connectivity index (χ1) is 9.26. The maximum atomic E-state index is 4.64. The minimum Gasteiger partial charge on any atom is -0.311 e. The Hall–Kier alpha value is -0.450. The van der Waals surface area contributed by atoms with E-state index in [1.807, 2.05) is 0 Å². The van der Waals surface area contributed by atoms with Gasteiger partial charge in [0, 0.05) is 37.1 Å². The van der Waals surface area contributed by atoms with Gasteiger partial charge >= 0.3 is 0 Å². The van der Waals surface area contributed by atoms with Gasteiger partial charge in [-0.3, -0.25) is 4.90 Å². The van der Waals surface area contributed by atoms with Crippen molar-refractivity contribution in [2.24, 2.45) is 5.92 Å². The maximum Gasteiger partial charge on any atom is 0.0897 e. The summed E-state index contributed by atoms with van der Waals surface area (Å²) in [7, 11) is 0. The van der Waals surface area contributed by atoms with Gasteiger partial charge in [-0.15, -0.1) is 11.3 Å². The van der Waals surface area contributed by atoms with Gasteiger partial charge in [0.05, 0.1) is 10.7 Å². The van der Waals surface area contributed by atoms with E-state index in [1.165, 1.54) is 42.9 Å². The molecule has 1 N–H and O–H groups in total. The molecule has 1 aromatic rings. The fourth-order valence-corrected chi connectivity index (χ4v) is 3.80. The number of rotatable bonds is 5. The smallest absolute Gasteiger partial charge is 0.0897 e. The third kappa shape index (κ3) is 3.36. The van der Waals surface area contributed by atoms with E-state index in [4.69, 9.17) is 0 Å². The van der Waals surface area contributed by atoms with Crippen LogP contribution in [-0.2, 0) is 6.54 Å². The van der Waals surface area contributed by atoms with Gasteiger partial charge in [0.2, 0.25) is 0 Å². The van der Waals surface area contributed by atoms with Gasteiger partial charge in [-0.05, 0) is 32.1 Å². The molecule has 19 heavy (non-hydrogen) atoms. The molecule has 1 aromatic heterocycles. The van der Waals surface area contributed by atoms with Crippen LogP contribution in [0.3, 0.4) is 0 Å². The lowest BCUT2D eigenvalue weighted by Gasteiger charge is -2.40. The van der Waals surface area contributed by atoms with Crippen molar-refractivity contribution >= 4 is 11.3 Å². The fourth-order valence-electron chi connectivity index (χ4n) is 3.20. The SMILES string of the molecule is CCCC1CNC(C2CC2)CN1Cc1csc(C)n1. The zero-order chi connectivity index (χ0) is 13.2. The molecule has 3 rings (SSSR count). The first-order valence-electron chi connectivity index (χ1n) is 7.64. The summed E-state index contributed by atoms with van der Waals surface area (Å²) in [5, 5.41) is 7.20. The Kier molecular flexibility index (Phi) is 4.20. The Morgan fingerprint density at radius 1 is 1.47 bits per heavy atom. The van der Waals surface area contributed by atoms with Crippen molar-refractivity contribution in [1.82, 2.24) is 15.2 Å². The van der Waals surface area contributed by atoms with Crippen LogP contribution in [0.4, 0.5) is 0 Å². The van der Waals surface area contributed by atoms with Gasteiger partial charge in [-0.2, -0.15) is 0 Å². The maximum absolute atomic E-state index is 4.64. The topological polar surface area (TPSA) is 28.2 Å². The number of piperazine rings is 1. The number of hydrogen-bond acceptors (Lipinski definition) is 4. The molecule has 4 heteroatoms. The Morgan fingerprint density at radius 2 is 2.32 bits per heavy atom.